The van der Waals surface area contributed by atoms with Gasteiger partial charge < -0.3 is 5.32 Å². The molecule has 0 radical (unpaired) electrons. The van der Waals surface area contributed by atoms with Gasteiger partial charge in [0, 0.05) is 17.6 Å². The topological polar surface area (TPSA) is 59.8 Å². The van der Waals surface area contributed by atoms with E-state index in [9.17, 15) is 4.79 Å². The molecule has 1 amide bonds. The Hall–Kier alpha value is -1.53. The maximum absolute atomic E-state index is 12.3. The third-order valence-corrected chi connectivity index (χ3v) is 6.46. The highest BCUT2D eigenvalue weighted by Gasteiger charge is 2.26. The highest BCUT2D eigenvalue weighted by Crippen LogP contribution is 2.38. The molecule has 5 nitrogen and oxygen atoms in total. The minimum absolute atomic E-state index is 0.0291. The lowest BCUT2D eigenvalue weighted by Gasteiger charge is -2.18. The molecule has 0 saturated heterocycles. The van der Waals surface area contributed by atoms with Gasteiger partial charge in [-0.25, -0.2) is 0 Å². The normalized spacial score (nSPS) is 16.0. The van der Waals surface area contributed by atoms with Crippen LogP contribution in [-0.4, -0.2) is 32.5 Å². The molecule has 1 aliphatic carbocycles. The number of amides is 1. The minimum atomic E-state index is 0.0291. The van der Waals surface area contributed by atoms with Gasteiger partial charge in [-0.05, 0) is 37.8 Å². The molecule has 1 heterocycles. The number of aromatic nitrogens is 3. The number of benzene rings is 1. The number of hydrogen-bond acceptors (Lipinski definition) is 4. The van der Waals surface area contributed by atoms with Crippen LogP contribution in [0.25, 0.3) is 11.4 Å². The van der Waals surface area contributed by atoms with Crippen molar-refractivity contribution in [1.29, 1.82) is 0 Å². The van der Waals surface area contributed by atoms with E-state index in [1.807, 2.05) is 31.2 Å². The summed E-state index contributed by atoms with van der Waals surface area (Å²) in [6.45, 7) is 6.24. The molecule has 3 rings (SSSR count). The average molecular weight is 407 g/mol. The molecule has 0 spiro atoms. The van der Waals surface area contributed by atoms with Crippen molar-refractivity contribution in [2.45, 2.75) is 63.7 Å². The first-order chi connectivity index (χ1) is 13.0. The number of carbonyl (C=O) groups is 1. The molecule has 7 heteroatoms. The third kappa shape index (κ3) is 4.85. The van der Waals surface area contributed by atoms with Gasteiger partial charge in [0.25, 0.3) is 0 Å². The molecule has 1 aromatic heterocycles. The van der Waals surface area contributed by atoms with Crippen molar-refractivity contribution >= 4 is 29.3 Å². The monoisotopic (exact) mass is 406 g/mol. The molecular weight excluding hydrogens is 380 g/mol. The van der Waals surface area contributed by atoms with Crippen LogP contribution >= 0.6 is 23.4 Å². The van der Waals surface area contributed by atoms with Gasteiger partial charge in [0.1, 0.15) is 0 Å². The Balaban J connectivity index is 1.81. The van der Waals surface area contributed by atoms with E-state index in [1.54, 1.807) is 0 Å². The first-order valence-electron chi connectivity index (χ1n) is 9.59. The first-order valence-corrected chi connectivity index (χ1v) is 11.0. The zero-order valence-corrected chi connectivity index (χ0v) is 17.7. The fourth-order valence-corrected chi connectivity index (χ4v) is 4.32. The average Bonchev–Trinajstić information content (AvgIpc) is 3.29. The summed E-state index contributed by atoms with van der Waals surface area (Å²) in [5.74, 6) is 1.57. The molecule has 1 saturated carbocycles. The number of nitrogens with zero attached hydrogens (tertiary/aromatic N) is 3. The molecule has 1 N–H and O–H groups in total. The summed E-state index contributed by atoms with van der Waals surface area (Å²) in [6.07, 6.45) is 4.64. The van der Waals surface area contributed by atoms with Crippen LogP contribution in [0.2, 0.25) is 5.02 Å². The molecular formula is C20H27ClN4OS. The van der Waals surface area contributed by atoms with Gasteiger partial charge in [0.15, 0.2) is 11.0 Å². The van der Waals surface area contributed by atoms with E-state index in [-0.39, 0.29) is 11.9 Å². The van der Waals surface area contributed by atoms with Crippen LogP contribution in [0.3, 0.4) is 0 Å². The number of hydrogen-bond donors (Lipinski definition) is 1. The molecule has 0 bridgehead atoms. The molecule has 2 aromatic rings. The van der Waals surface area contributed by atoms with E-state index in [0.29, 0.717) is 22.7 Å². The number of rotatable bonds is 7. The number of carbonyl (C=O) groups excluding carboxylic acids is 1. The molecule has 1 atom stereocenters. The van der Waals surface area contributed by atoms with Crippen LogP contribution in [-0.2, 0) is 4.79 Å². The Bertz CT molecular complexity index is 786. The van der Waals surface area contributed by atoms with Gasteiger partial charge in [0.05, 0.1) is 10.8 Å². The van der Waals surface area contributed by atoms with Gasteiger partial charge >= 0.3 is 0 Å². The van der Waals surface area contributed by atoms with Gasteiger partial charge in [-0.2, -0.15) is 0 Å². The molecule has 1 unspecified atom stereocenters. The molecule has 1 aromatic carbocycles. The van der Waals surface area contributed by atoms with Crippen LogP contribution in [0.15, 0.2) is 29.4 Å². The first kappa shape index (κ1) is 20.2. The second kappa shape index (κ2) is 9.11. The van der Waals surface area contributed by atoms with Crippen molar-refractivity contribution in [1.82, 2.24) is 20.1 Å². The van der Waals surface area contributed by atoms with E-state index in [1.165, 1.54) is 24.6 Å². The van der Waals surface area contributed by atoms with Crippen molar-refractivity contribution in [3.8, 4) is 11.4 Å². The maximum atomic E-state index is 12.3. The van der Waals surface area contributed by atoms with Crippen LogP contribution in [0.4, 0.5) is 0 Å². The standard InChI is InChI=1S/C20H27ClN4OS/c1-13(2)14(3)22-18(26)12-27-20-24-23-19(16-10-6-7-11-17(16)21)25(20)15-8-4-5-9-15/h6-7,10-11,13-15H,4-5,8-9,12H2,1-3H3,(H,22,26). The zero-order chi connectivity index (χ0) is 19.4. The van der Waals surface area contributed by atoms with E-state index < -0.39 is 0 Å². The van der Waals surface area contributed by atoms with E-state index >= 15 is 0 Å². The van der Waals surface area contributed by atoms with Crippen LogP contribution < -0.4 is 5.32 Å². The Morgan fingerprint density at radius 2 is 1.96 bits per heavy atom. The Kier molecular flexibility index (Phi) is 6.82. The highest BCUT2D eigenvalue weighted by molar-refractivity contribution is 7.99. The predicted molar refractivity (Wildman–Crippen MR) is 111 cm³/mol. The molecule has 1 aliphatic rings. The van der Waals surface area contributed by atoms with Crippen LogP contribution in [0, 0.1) is 5.92 Å². The molecule has 1 fully saturated rings. The SMILES string of the molecule is CC(C)C(C)NC(=O)CSc1nnc(-c2ccccc2Cl)n1C1CCCC1. The van der Waals surface area contributed by atoms with Gasteiger partial charge in [-0.15, -0.1) is 10.2 Å². The number of nitrogens with one attached hydrogen (secondary N) is 1. The van der Waals surface area contributed by atoms with E-state index in [4.69, 9.17) is 11.6 Å². The van der Waals surface area contributed by atoms with Crippen LogP contribution in [0.5, 0.6) is 0 Å². The largest absolute Gasteiger partial charge is 0.353 e. The van der Waals surface area contributed by atoms with Gasteiger partial charge in [-0.3, -0.25) is 9.36 Å². The second-order valence-electron chi connectivity index (χ2n) is 7.48. The minimum Gasteiger partial charge on any atom is -0.353 e. The molecule has 0 aliphatic heterocycles. The number of thioether (sulfide) groups is 1. The van der Waals surface area contributed by atoms with Crippen molar-refractivity contribution < 1.29 is 4.79 Å². The quantitative estimate of drug-likeness (QED) is 0.659. The lowest BCUT2D eigenvalue weighted by molar-refractivity contribution is -0.119. The summed E-state index contributed by atoms with van der Waals surface area (Å²) >= 11 is 7.86. The Labute approximate surface area is 170 Å². The van der Waals surface area contributed by atoms with Crippen LogP contribution in [0.1, 0.15) is 52.5 Å². The second-order valence-corrected chi connectivity index (χ2v) is 8.83. The lowest BCUT2D eigenvalue weighted by atomic mass is 10.1. The maximum Gasteiger partial charge on any atom is 0.230 e. The Morgan fingerprint density at radius 3 is 2.63 bits per heavy atom. The van der Waals surface area contributed by atoms with E-state index in [2.05, 4.69) is 33.9 Å². The molecule has 27 heavy (non-hydrogen) atoms. The smallest absolute Gasteiger partial charge is 0.230 e. The summed E-state index contributed by atoms with van der Waals surface area (Å²) in [4.78, 5) is 12.3. The van der Waals surface area contributed by atoms with Gasteiger partial charge in [0.2, 0.25) is 5.91 Å². The summed E-state index contributed by atoms with van der Waals surface area (Å²) in [7, 11) is 0. The Morgan fingerprint density at radius 1 is 1.26 bits per heavy atom. The van der Waals surface area contributed by atoms with E-state index in [0.717, 1.165) is 29.4 Å². The lowest BCUT2D eigenvalue weighted by Crippen LogP contribution is -2.37. The third-order valence-electron chi connectivity index (χ3n) is 5.19. The summed E-state index contributed by atoms with van der Waals surface area (Å²) in [5, 5.41) is 13.4. The summed E-state index contributed by atoms with van der Waals surface area (Å²) < 4.78 is 2.19. The molecule has 146 valence electrons. The highest BCUT2D eigenvalue weighted by atomic mass is 35.5. The summed E-state index contributed by atoms with van der Waals surface area (Å²) in [5.41, 5.74) is 0.892. The predicted octanol–water partition coefficient (Wildman–Crippen LogP) is 4.97. The van der Waals surface area contributed by atoms with Crippen molar-refractivity contribution in [3.05, 3.63) is 29.3 Å². The fourth-order valence-electron chi connectivity index (χ4n) is 3.29. The number of halogens is 1. The van der Waals surface area contributed by atoms with Crippen molar-refractivity contribution in [2.24, 2.45) is 5.92 Å². The fraction of sp³-hybridized carbons (Fsp3) is 0.550. The van der Waals surface area contributed by atoms with Gasteiger partial charge in [-0.1, -0.05) is 62.2 Å². The van der Waals surface area contributed by atoms with Crippen molar-refractivity contribution in [3.63, 3.8) is 0 Å². The van der Waals surface area contributed by atoms with Crippen molar-refractivity contribution in [2.75, 3.05) is 5.75 Å². The summed E-state index contributed by atoms with van der Waals surface area (Å²) in [6, 6.07) is 8.25. The zero-order valence-electron chi connectivity index (χ0n) is 16.1.